The fourth-order valence-electron chi connectivity index (χ4n) is 3.19. The van der Waals surface area contributed by atoms with Crippen LogP contribution < -0.4 is 16.7 Å². The van der Waals surface area contributed by atoms with Crippen LogP contribution >= 0.6 is 0 Å². The summed E-state index contributed by atoms with van der Waals surface area (Å²) in [4.78, 5) is 21.3. The second-order valence-electron chi connectivity index (χ2n) is 6.38. The summed E-state index contributed by atoms with van der Waals surface area (Å²) in [5, 5.41) is 3.25. The lowest BCUT2D eigenvalue weighted by atomic mass is 10.1. The molecular weight excluding hydrogens is 346 g/mol. The first-order chi connectivity index (χ1) is 12.4. The fraction of sp³-hybridized carbons (Fsp3) is 0.562. The molecule has 2 saturated heterocycles. The van der Waals surface area contributed by atoms with Crippen molar-refractivity contribution in [1.29, 1.82) is 0 Å². The average Bonchev–Trinajstić information content (AvgIpc) is 2.87. The first kappa shape index (κ1) is 18.5. The minimum Gasteiger partial charge on any atom is -0.386 e. The number of aromatic nitrogens is 2. The number of nitrogens with one attached hydrogen (secondary N) is 1. The topological polar surface area (TPSA) is 97.8 Å². The number of anilines is 1. The monoisotopic (exact) mass is 368 g/mol. The smallest absolute Gasteiger partial charge is 0.351 e. The van der Waals surface area contributed by atoms with E-state index in [1.165, 1.54) is 12.3 Å². The fourth-order valence-corrected chi connectivity index (χ4v) is 3.19. The Morgan fingerprint density at radius 1 is 1.58 bits per heavy atom. The number of halogens is 2. The molecule has 0 aromatic carbocycles. The minimum atomic E-state index is -3.16. The largest absolute Gasteiger partial charge is 0.386 e. The number of rotatable bonds is 4. The van der Waals surface area contributed by atoms with E-state index < -0.39 is 30.4 Å². The zero-order valence-electron chi connectivity index (χ0n) is 14.4. The van der Waals surface area contributed by atoms with Crippen molar-refractivity contribution < 1.29 is 13.5 Å². The van der Waals surface area contributed by atoms with Crippen molar-refractivity contribution in [3.05, 3.63) is 34.5 Å². The van der Waals surface area contributed by atoms with E-state index in [0.717, 1.165) is 23.4 Å². The number of piperazine rings is 1. The van der Waals surface area contributed by atoms with E-state index >= 15 is 0 Å². The zero-order chi connectivity index (χ0) is 18.7. The van der Waals surface area contributed by atoms with Gasteiger partial charge in [0.15, 0.2) is 0 Å². The highest BCUT2D eigenvalue weighted by Gasteiger charge is 2.52. The predicted octanol–water partition coefficient (Wildman–Crippen LogP) is 0.238. The molecule has 10 heteroatoms. The highest BCUT2D eigenvalue weighted by atomic mass is 19.3. The SMILES string of the molecule is CN=C/C=C1/CN(C[C@@H]2CC(F)(F)[C@H](n3ccc(N)nc3=O)O2)CCN1. The summed E-state index contributed by atoms with van der Waals surface area (Å²) in [5.41, 5.74) is 5.54. The number of nitrogens with zero attached hydrogens (tertiary/aromatic N) is 4. The van der Waals surface area contributed by atoms with Gasteiger partial charge in [-0.1, -0.05) is 0 Å². The number of allylic oxidation sites excluding steroid dienone is 1. The molecule has 142 valence electrons. The number of nitrogen functional groups attached to an aromatic ring is 1. The molecule has 3 rings (SSSR count). The maximum atomic E-state index is 14.4. The van der Waals surface area contributed by atoms with Crippen LogP contribution in [-0.4, -0.2) is 65.9 Å². The van der Waals surface area contributed by atoms with Gasteiger partial charge in [0, 0.05) is 57.8 Å². The third kappa shape index (κ3) is 4.07. The number of ether oxygens (including phenoxy) is 1. The van der Waals surface area contributed by atoms with Gasteiger partial charge in [-0.05, 0) is 12.1 Å². The van der Waals surface area contributed by atoms with Crippen LogP contribution in [0.4, 0.5) is 14.6 Å². The Balaban J connectivity index is 1.68. The standard InChI is InChI=1S/C16H22F2N6O2/c1-20-4-2-11-9-23(7-5-21-11)10-12-8-16(17,18)14(26-12)24-6-3-13(19)22-15(24)25/h2-4,6,12,14,21H,5,7-10H2,1H3,(H2,19,22,25)/b11-2-,20-4?/t12-,14+/m0/s1. The molecule has 2 aliphatic heterocycles. The lowest BCUT2D eigenvalue weighted by molar-refractivity contribution is -0.118. The molecule has 0 saturated carbocycles. The third-order valence-electron chi connectivity index (χ3n) is 4.35. The number of hydrogen-bond donors (Lipinski definition) is 2. The number of alkyl halides is 2. The highest BCUT2D eigenvalue weighted by molar-refractivity contribution is 5.71. The van der Waals surface area contributed by atoms with Crippen LogP contribution in [0, 0.1) is 0 Å². The molecule has 3 N–H and O–H groups in total. The van der Waals surface area contributed by atoms with Gasteiger partial charge in [0.2, 0.25) is 6.23 Å². The van der Waals surface area contributed by atoms with Gasteiger partial charge >= 0.3 is 5.69 Å². The van der Waals surface area contributed by atoms with E-state index in [1.807, 2.05) is 11.0 Å². The van der Waals surface area contributed by atoms with Crippen molar-refractivity contribution in [2.45, 2.75) is 24.7 Å². The predicted molar refractivity (Wildman–Crippen MR) is 93.3 cm³/mol. The summed E-state index contributed by atoms with van der Waals surface area (Å²) in [7, 11) is 1.68. The molecule has 2 fully saturated rings. The molecule has 0 bridgehead atoms. The Morgan fingerprint density at radius 3 is 3.12 bits per heavy atom. The molecule has 0 radical (unpaired) electrons. The maximum absolute atomic E-state index is 14.4. The maximum Gasteiger partial charge on any atom is 0.351 e. The minimum absolute atomic E-state index is 0.0140. The van der Waals surface area contributed by atoms with Gasteiger partial charge in [0.25, 0.3) is 5.92 Å². The summed E-state index contributed by atoms with van der Waals surface area (Å²) in [6, 6.07) is 1.30. The summed E-state index contributed by atoms with van der Waals surface area (Å²) < 4.78 is 35.2. The summed E-state index contributed by atoms with van der Waals surface area (Å²) in [6.07, 6.45) is 1.94. The molecule has 1 aromatic heterocycles. The Hall–Kier alpha value is -2.33. The summed E-state index contributed by atoms with van der Waals surface area (Å²) >= 11 is 0. The molecule has 0 unspecified atom stereocenters. The van der Waals surface area contributed by atoms with E-state index in [4.69, 9.17) is 10.5 Å². The molecular formula is C16H22F2N6O2. The van der Waals surface area contributed by atoms with Crippen LogP contribution in [0.2, 0.25) is 0 Å². The quantitative estimate of drug-likeness (QED) is 0.739. The van der Waals surface area contributed by atoms with E-state index in [9.17, 15) is 13.6 Å². The number of nitrogens with two attached hydrogens (primary N) is 1. The first-order valence-electron chi connectivity index (χ1n) is 8.34. The first-order valence-corrected chi connectivity index (χ1v) is 8.34. The Morgan fingerprint density at radius 2 is 2.38 bits per heavy atom. The molecule has 2 aliphatic rings. The molecule has 3 heterocycles. The lowest BCUT2D eigenvalue weighted by Gasteiger charge is -2.31. The van der Waals surface area contributed by atoms with Crippen LogP contribution in [0.25, 0.3) is 0 Å². The Labute approximate surface area is 149 Å². The van der Waals surface area contributed by atoms with Crippen LogP contribution in [0.1, 0.15) is 12.6 Å². The van der Waals surface area contributed by atoms with Gasteiger partial charge in [0.1, 0.15) is 5.82 Å². The van der Waals surface area contributed by atoms with Gasteiger partial charge in [-0.25, -0.2) is 13.6 Å². The van der Waals surface area contributed by atoms with Crippen LogP contribution in [-0.2, 0) is 4.74 Å². The van der Waals surface area contributed by atoms with Crippen molar-refractivity contribution in [2.75, 3.05) is 39.0 Å². The van der Waals surface area contributed by atoms with E-state index in [-0.39, 0.29) is 5.82 Å². The molecule has 0 amide bonds. The Bertz CT molecular complexity index is 763. The van der Waals surface area contributed by atoms with E-state index in [0.29, 0.717) is 13.1 Å². The molecule has 0 aliphatic carbocycles. The van der Waals surface area contributed by atoms with Gasteiger partial charge in [-0.3, -0.25) is 14.5 Å². The number of aliphatic imine (C=N–C) groups is 1. The van der Waals surface area contributed by atoms with Crippen molar-refractivity contribution >= 4 is 12.0 Å². The Kier molecular flexibility index (Phi) is 5.33. The summed E-state index contributed by atoms with van der Waals surface area (Å²) in [6.45, 7) is 2.40. The molecule has 2 atom stereocenters. The highest BCUT2D eigenvalue weighted by Crippen LogP contribution is 2.42. The average molecular weight is 368 g/mol. The third-order valence-corrected chi connectivity index (χ3v) is 4.35. The van der Waals surface area contributed by atoms with E-state index in [1.54, 1.807) is 13.3 Å². The van der Waals surface area contributed by atoms with Crippen molar-refractivity contribution in [3.63, 3.8) is 0 Å². The van der Waals surface area contributed by atoms with Gasteiger partial charge in [-0.15, -0.1) is 0 Å². The van der Waals surface area contributed by atoms with Crippen LogP contribution in [0.15, 0.2) is 33.8 Å². The van der Waals surface area contributed by atoms with Crippen LogP contribution in [0.3, 0.4) is 0 Å². The second-order valence-corrected chi connectivity index (χ2v) is 6.38. The van der Waals surface area contributed by atoms with Gasteiger partial charge in [-0.2, -0.15) is 4.98 Å². The van der Waals surface area contributed by atoms with Crippen molar-refractivity contribution in [1.82, 2.24) is 19.8 Å². The van der Waals surface area contributed by atoms with Crippen molar-refractivity contribution in [2.24, 2.45) is 4.99 Å². The second kappa shape index (κ2) is 7.50. The zero-order valence-corrected chi connectivity index (χ0v) is 14.4. The number of hydrogen-bond acceptors (Lipinski definition) is 7. The van der Waals surface area contributed by atoms with Gasteiger partial charge in [0.05, 0.1) is 6.10 Å². The van der Waals surface area contributed by atoms with Gasteiger partial charge < -0.3 is 15.8 Å². The lowest BCUT2D eigenvalue weighted by Crippen LogP contribution is -2.45. The molecule has 0 spiro atoms. The molecule has 1 aromatic rings. The summed E-state index contributed by atoms with van der Waals surface area (Å²) in [5.74, 6) is -3.17. The van der Waals surface area contributed by atoms with Crippen LogP contribution in [0.5, 0.6) is 0 Å². The normalized spacial score (nSPS) is 27.9. The van der Waals surface area contributed by atoms with Crippen molar-refractivity contribution in [3.8, 4) is 0 Å². The molecule has 8 nitrogen and oxygen atoms in total. The molecule has 26 heavy (non-hydrogen) atoms. The van der Waals surface area contributed by atoms with E-state index in [2.05, 4.69) is 15.3 Å².